The molecular weight excluding hydrogens is 304 g/mol. The largest absolute Gasteiger partial charge is 0.494 e. The summed E-state index contributed by atoms with van der Waals surface area (Å²) >= 11 is 3.66. The molecule has 0 saturated heterocycles. The van der Waals surface area contributed by atoms with Crippen LogP contribution in [0.2, 0.25) is 0 Å². The van der Waals surface area contributed by atoms with Gasteiger partial charge in [0.25, 0.3) is 0 Å². The highest BCUT2D eigenvalue weighted by atomic mass is 79.9. The second kappa shape index (κ2) is 7.15. The minimum Gasteiger partial charge on any atom is -0.494 e. The molecule has 1 atom stereocenters. The van der Waals surface area contributed by atoms with E-state index in [-0.39, 0.29) is 0 Å². The van der Waals surface area contributed by atoms with Gasteiger partial charge < -0.3 is 15.8 Å². The number of nitrogens with one attached hydrogen (secondary N) is 1. The van der Waals surface area contributed by atoms with E-state index in [2.05, 4.69) is 48.9 Å². The van der Waals surface area contributed by atoms with Crippen molar-refractivity contribution in [3.05, 3.63) is 21.2 Å². The lowest BCUT2D eigenvalue weighted by Crippen LogP contribution is -2.16. The maximum Gasteiger partial charge on any atom is 0.145 e. The Morgan fingerprint density at radius 3 is 2.37 bits per heavy atom. The monoisotopic (exact) mass is 328 g/mol. The van der Waals surface area contributed by atoms with E-state index < -0.39 is 0 Å². The Morgan fingerprint density at radius 1 is 1.21 bits per heavy atom. The number of nitrogens with two attached hydrogens (primary N) is 1. The van der Waals surface area contributed by atoms with Crippen molar-refractivity contribution in [1.29, 1.82) is 0 Å². The van der Waals surface area contributed by atoms with Crippen LogP contribution in [0.1, 0.15) is 30.0 Å². The van der Waals surface area contributed by atoms with Crippen molar-refractivity contribution in [1.82, 2.24) is 0 Å². The first kappa shape index (κ1) is 16.3. The van der Waals surface area contributed by atoms with Gasteiger partial charge in [0.15, 0.2) is 0 Å². The number of halogens is 1. The van der Waals surface area contributed by atoms with Crippen molar-refractivity contribution in [3.63, 3.8) is 0 Å². The zero-order chi connectivity index (χ0) is 14.6. The smallest absolute Gasteiger partial charge is 0.145 e. The maximum absolute atomic E-state index is 5.65. The standard InChI is InChI=1S/C15H25BrN2O/c1-9(8-17)6-7-18-14-12(4)13(16)10(2)11(3)15(14)19-5/h9,18H,6-8,17H2,1-5H3. The predicted molar refractivity (Wildman–Crippen MR) is 86.2 cm³/mol. The molecule has 4 heteroatoms. The fraction of sp³-hybridized carbons (Fsp3) is 0.600. The fourth-order valence-electron chi connectivity index (χ4n) is 2.11. The molecule has 3 nitrogen and oxygen atoms in total. The maximum atomic E-state index is 5.65. The number of methoxy groups -OCH3 is 1. The lowest BCUT2D eigenvalue weighted by Gasteiger charge is -2.20. The highest BCUT2D eigenvalue weighted by Gasteiger charge is 2.16. The van der Waals surface area contributed by atoms with Gasteiger partial charge in [0.2, 0.25) is 0 Å². The summed E-state index contributed by atoms with van der Waals surface area (Å²) in [7, 11) is 1.73. The molecule has 0 heterocycles. The third-order valence-corrected chi connectivity index (χ3v) is 4.90. The quantitative estimate of drug-likeness (QED) is 0.835. The van der Waals surface area contributed by atoms with E-state index in [1.54, 1.807) is 7.11 Å². The lowest BCUT2D eigenvalue weighted by molar-refractivity contribution is 0.412. The van der Waals surface area contributed by atoms with Gasteiger partial charge in [-0.2, -0.15) is 0 Å². The summed E-state index contributed by atoms with van der Waals surface area (Å²) < 4.78 is 6.72. The lowest BCUT2D eigenvalue weighted by atomic mass is 10.0. The van der Waals surface area contributed by atoms with E-state index >= 15 is 0 Å². The molecule has 0 saturated carbocycles. The van der Waals surface area contributed by atoms with Crippen LogP contribution in [0, 0.1) is 26.7 Å². The number of rotatable bonds is 6. The normalized spacial score (nSPS) is 12.4. The molecule has 0 bridgehead atoms. The summed E-state index contributed by atoms with van der Waals surface area (Å²) in [6, 6.07) is 0. The van der Waals surface area contributed by atoms with Crippen LogP contribution in [0.25, 0.3) is 0 Å². The summed E-state index contributed by atoms with van der Waals surface area (Å²) in [5.74, 6) is 1.48. The molecule has 19 heavy (non-hydrogen) atoms. The van der Waals surface area contributed by atoms with Crippen molar-refractivity contribution in [2.24, 2.45) is 11.7 Å². The van der Waals surface area contributed by atoms with Crippen LogP contribution in [-0.4, -0.2) is 20.2 Å². The molecule has 1 aromatic rings. The van der Waals surface area contributed by atoms with Gasteiger partial charge in [0, 0.05) is 11.0 Å². The average molecular weight is 329 g/mol. The second-order valence-electron chi connectivity index (χ2n) is 5.15. The van der Waals surface area contributed by atoms with Gasteiger partial charge in [0.1, 0.15) is 5.75 Å². The van der Waals surface area contributed by atoms with Gasteiger partial charge in [-0.05, 0) is 56.3 Å². The number of hydrogen-bond acceptors (Lipinski definition) is 3. The Bertz CT molecular complexity index is 447. The van der Waals surface area contributed by atoms with Crippen LogP contribution in [0.15, 0.2) is 4.47 Å². The predicted octanol–water partition coefficient (Wildman–Crippen LogP) is 3.78. The fourth-order valence-corrected chi connectivity index (χ4v) is 2.61. The summed E-state index contributed by atoms with van der Waals surface area (Å²) in [4.78, 5) is 0. The van der Waals surface area contributed by atoms with Crippen molar-refractivity contribution in [3.8, 4) is 5.75 Å². The molecular formula is C15H25BrN2O. The highest BCUT2D eigenvalue weighted by molar-refractivity contribution is 9.10. The number of ether oxygens (including phenoxy) is 1. The Hall–Kier alpha value is -0.740. The number of hydrogen-bond donors (Lipinski definition) is 2. The minimum absolute atomic E-state index is 0.536. The van der Waals surface area contributed by atoms with Crippen molar-refractivity contribution < 1.29 is 4.74 Å². The van der Waals surface area contributed by atoms with Crippen molar-refractivity contribution in [2.75, 3.05) is 25.5 Å². The van der Waals surface area contributed by atoms with Crippen LogP contribution < -0.4 is 15.8 Å². The van der Waals surface area contributed by atoms with E-state index in [0.717, 1.165) is 35.4 Å². The number of anilines is 1. The van der Waals surface area contributed by atoms with Crippen LogP contribution in [-0.2, 0) is 0 Å². The van der Waals surface area contributed by atoms with E-state index in [1.807, 2.05) is 0 Å². The summed E-state index contributed by atoms with van der Waals surface area (Å²) in [6.45, 7) is 10.1. The van der Waals surface area contributed by atoms with E-state index in [0.29, 0.717) is 5.92 Å². The van der Waals surface area contributed by atoms with Gasteiger partial charge in [-0.1, -0.05) is 22.9 Å². The van der Waals surface area contributed by atoms with Crippen molar-refractivity contribution in [2.45, 2.75) is 34.1 Å². The minimum atomic E-state index is 0.536. The van der Waals surface area contributed by atoms with Crippen LogP contribution in [0.5, 0.6) is 5.75 Å². The van der Waals surface area contributed by atoms with Gasteiger partial charge in [-0.25, -0.2) is 0 Å². The third-order valence-electron chi connectivity index (χ3n) is 3.71. The zero-order valence-corrected chi connectivity index (χ0v) is 14.1. The van der Waals surface area contributed by atoms with E-state index in [1.165, 1.54) is 16.7 Å². The molecule has 1 unspecified atom stereocenters. The molecule has 0 fully saturated rings. The van der Waals surface area contributed by atoms with E-state index in [4.69, 9.17) is 10.5 Å². The topological polar surface area (TPSA) is 47.3 Å². The molecule has 0 aliphatic carbocycles. The first-order chi connectivity index (χ1) is 8.93. The number of benzene rings is 1. The molecule has 0 spiro atoms. The van der Waals surface area contributed by atoms with Crippen molar-refractivity contribution >= 4 is 21.6 Å². The molecule has 0 aliphatic heterocycles. The molecule has 1 aromatic carbocycles. The molecule has 3 N–H and O–H groups in total. The highest BCUT2D eigenvalue weighted by Crippen LogP contribution is 2.39. The molecule has 0 aliphatic rings. The van der Waals surface area contributed by atoms with Gasteiger partial charge in [-0.3, -0.25) is 0 Å². The van der Waals surface area contributed by atoms with Gasteiger partial charge in [0.05, 0.1) is 12.8 Å². The average Bonchev–Trinajstić information content (AvgIpc) is 2.41. The summed E-state index contributed by atoms with van der Waals surface area (Å²) in [6.07, 6.45) is 1.06. The van der Waals surface area contributed by atoms with Crippen LogP contribution >= 0.6 is 15.9 Å². The molecule has 0 aromatic heterocycles. The van der Waals surface area contributed by atoms with E-state index in [9.17, 15) is 0 Å². The first-order valence-electron chi connectivity index (χ1n) is 6.71. The van der Waals surface area contributed by atoms with Crippen LogP contribution in [0.3, 0.4) is 0 Å². The summed E-state index contributed by atoms with van der Waals surface area (Å²) in [5, 5.41) is 3.50. The molecule has 0 radical (unpaired) electrons. The van der Waals surface area contributed by atoms with Gasteiger partial charge in [-0.15, -0.1) is 0 Å². The zero-order valence-electron chi connectivity index (χ0n) is 12.6. The van der Waals surface area contributed by atoms with Gasteiger partial charge >= 0.3 is 0 Å². The SMILES string of the molecule is COc1c(C)c(C)c(Br)c(C)c1NCCC(C)CN. The third kappa shape index (κ3) is 3.63. The Morgan fingerprint density at radius 2 is 1.84 bits per heavy atom. The molecule has 0 amide bonds. The Kier molecular flexibility index (Phi) is 6.14. The summed E-state index contributed by atoms with van der Waals surface area (Å²) in [5.41, 5.74) is 10.3. The second-order valence-corrected chi connectivity index (χ2v) is 5.95. The van der Waals surface area contributed by atoms with Crippen LogP contribution in [0.4, 0.5) is 5.69 Å². The first-order valence-corrected chi connectivity index (χ1v) is 7.50. The Labute approximate surface area is 125 Å². The Balaban J connectivity index is 2.99. The molecule has 108 valence electrons. The molecule has 1 rings (SSSR count).